The molecule has 0 unspecified atom stereocenters. The van der Waals surface area contributed by atoms with E-state index in [2.05, 4.69) is 32.1 Å². The average Bonchev–Trinajstić information content (AvgIpc) is 2.82. The van der Waals surface area contributed by atoms with E-state index in [9.17, 15) is 0 Å². The minimum Gasteiger partial charge on any atom is -0.354 e. The van der Waals surface area contributed by atoms with Gasteiger partial charge in [0.25, 0.3) is 0 Å². The van der Waals surface area contributed by atoms with Crippen LogP contribution < -0.4 is 4.90 Å². The van der Waals surface area contributed by atoms with Crippen molar-refractivity contribution in [3.63, 3.8) is 0 Å². The van der Waals surface area contributed by atoms with E-state index in [1.54, 1.807) is 0 Å². The molecule has 78 valence electrons. The number of fused-ring (bicyclic) bond motifs is 1. The first-order valence-corrected chi connectivity index (χ1v) is 5.94. The topological polar surface area (TPSA) is 29.3 Å². The summed E-state index contributed by atoms with van der Waals surface area (Å²) < 4.78 is 6.35. The van der Waals surface area contributed by atoms with Gasteiger partial charge in [-0.15, -0.1) is 0 Å². The van der Waals surface area contributed by atoms with Crippen LogP contribution in [0.3, 0.4) is 0 Å². The van der Waals surface area contributed by atoms with Crippen LogP contribution in [-0.4, -0.2) is 18.2 Å². The lowest BCUT2D eigenvalue weighted by molar-refractivity contribution is 0.456. The average molecular weight is 267 g/mol. The smallest absolute Gasteiger partial charge is 0.179 e. The van der Waals surface area contributed by atoms with Crippen molar-refractivity contribution in [2.75, 3.05) is 18.0 Å². The minimum atomic E-state index is 0.853. The molecule has 1 aromatic carbocycles. The van der Waals surface area contributed by atoms with Crippen molar-refractivity contribution in [2.24, 2.45) is 0 Å². The summed E-state index contributed by atoms with van der Waals surface area (Å²) in [5, 5.41) is 5.26. The second kappa shape index (κ2) is 3.52. The molecule has 3 nitrogen and oxygen atoms in total. The molecule has 0 saturated carbocycles. The van der Waals surface area contributed by atoms with E-state index in [0.29, 0.717) is 0 Å². The Labute approximate surface area is 96.2 Å². The van der Waals surface area contributed by atoms with Gasteiger partial charge >= 0.3 is 0 Å². The molecule has 0 aliphatic carbocycles. The van der Waals surface area contributed by atoms with Crippen molar-refractivity contribution in [1.29, 1.82) is 0 Å². The number of nitrogens with zero attached hydrogens (tertiary/aromatic N) is 2. The Morgan fingerprint density at radius 3 is 2.87 bits per heavy atom. The highest BCUT2D eigenvalue weighted by Crippen LogP contribution is 2.30. The highest BCUT2D eigenvalue weighted by atomic mass is 79.9. The Balaban J connectivity index is 2.11. The largest absolute Gasteiger partial charge is 0.354 e. The quantitative estimate of drug-likeness (QED) is 0.794. The molecule has 0 radical (unpaired) electrons. The van der Waals surface area contributed by atoms with Crippen molar-refractivity contribution in [3.05, 3.63) is 22.7 Å². The van der Waals surface area contributed by atoms with E-state index in [0.717, 1.165) is 34.3 Å². The molecule has 0 N–H and O–H groups in total. The lowest BCUT2D eigenvalue weighted by Gasteiger charge is -2.12. The fourth-order valence-corrected chi connectivity index (χ4v) is 2.40. The number of hydrogen-bond acceptors (Lipinski definition) is 3. The van der Waals surface area contributed by atoms with Crippen LogP contribution in [0.1, 0.15) is 12.8 Å². The Kier molecular flexibility index (Phi) is 2.16. The Morgan fingerprint density at radius 2 is 2.07 bits per heavy atom. The molecule has 1 saturated heterocycles. The van der Waals surface area contributed by atoms with Crippen molar-refractivity contribution in [2.45, 2.75) is 12.8 Å². The fourth-order valence-electron chi connectivity index (χ4n) is 2.06. The molecule has 1 aliphatic rings. The van der Waals surface area contributed by atoms with Crippen LogP contribution >= 0.6 is 15.9 Å². The van der Waals surface area contributed by atoms with Gasteiger partial charge in [0.05, 0.1) is 5.39 Å². The molecule has 1 fully saturated rings. The van der Waals surface area contributed by atoms with Crippen LogP contribution in [0.5, 0.6) is 0 Å². The summed E-state index contributed by atoms with van der Waals surface area (Å²) in [6, 6.07) is 6.05. The van der Waals surface area contributed by atoms with Crippen molar-refractivity contribution in [3.8, 4) is 0 Å². The maximum absolute atomic E-state index is 5.32. The van der Waals surface area contributed by atoms with Gasteiger partial charge in [0.1, 0.15) is 0 Å². The summed E-state index contributed by atoms with van der Waals surface area (Å²) in [6.45, 7) is 2.19. The van der Waals surface area contributed by atoms with Gasteiger partial charge < -0.3 is 9.42 Å². The highest BCUT2D eigenvalue weighted by Gasteiger charge is 2.18. The van der Waals surface area contributed by atoms with Crippen LogP contribution in [0.4, 0.5) is 5.82 Å². The fraction of sp³-hybridized carbons (Fsp3) is 0.364. The zero-order chi connectivity index (χ0) is 10.3. The molecule has 1 aliphatic heterocycles. The third kappa shape index (κ3) is 1.53. The van der Waals surface area contributed by atoms with Crippen molar-refractivity contribution >= 4 is 32.7 Å². The Morgan fingerprint density at radius 1 is 1.27 bits per heavy atom. The number of halogens is 1. The van der Waals surface area contributed by atoms with Crippen molar-refractivity contribution in [1.82, 2.24) is 5.16 Å². The van der Waals surface area contributed by atoms with Gasteiger partial charge in [-0.3, -0.25) is 0 Å². The molecule has 0 spiro atoms. The van der Waals surface area contributed by atoms with Crippen LogP contribution in [0, 0.1) is 0 Å². The molecule has 4 heteroatoms. The molecule has 15 heavy (non-hydrogen) atoms. The van der Waals surface area contributed by atoms with E-state index >= 15 is 0 Å². The van der Waals surface area contributed by atoms with Gasteiger partial charge in [-0.2, -0.15) is 0 Å². The van der Waals surface area contributed by atoms with Gasteiger partial charge in [-0.05, 0) is 31.0 Å². The summed E-state index contributed by atoms with van der Waals surface area (Å²) in [5.74, 6) is 0.995. The number of aromatic nitrogens is 1. The molecule has 0 bridgehead atoms. The van der Waals surface area contributed by atoms with Crippen molar-refractivity contribution < 1.29 is 4.52 Å². The van der Waals surface area contributed by atoms with E-state index in [1.165, 1.54) is 12.8 Å². The lowest BCUT2D eigenvalue weighted by Crippen LogP contribution is -2.17. The summed E-state index contributed by atoms with van der Waals surface area (Å²) in [7, 11) is 0. The predicted molar refractivity (Wildman–Crippen MR) is 63.2 cm³/mol. The van der Waals surface area contributed by atoms with Gasteiger partial charge in [0.2, 0.25) is 0 Å². The Bertz CT molecular complexity index is 488. The first kappa shape index (κ1) is 9.21. The first-order valence-electron chi connectivity index (χ1n) is 5.14. The van der Waals surface area contributed by atoms with Crippen LogP contribution in [0.25, 0.3) is 11.0 Å². The van der Waals surface area contributed by atoms with Gasteiger partial charge in [0, 0.05) is 17.6 Å². The number of hydrogen-bond donors (Lipinski definition) is 0. The van der Waals surface area contributed by atoms with E-state index in [1.807, 2.05) is 12.1 Å². The normalized spacial score (nSPS) is 16.5. The summed E-state index contributed by atoms with van der Waals surface area (Å²) >= 11 is 3.42. The molecule has 2 aromatic rings. The van der Waals surface area contributed by atoms with Gasteiger partial charge in [-0.1, -0.05) is 21.1 Å². The Hall–Kier alpha value is -1.03. The third-order valence-electron chi connectivity index (χ3n) is 2.82. The minimum absolute atomic E-state index is 0.853. The van der Waals surface area contributed by atoms with E-state index < -0.39 is 0 Å². The van der Waals surface area contributed by atoms with E-state index in [4.69, 9.17) is 4.52 Å². The maximum atomic E-state index is 5.32. The molecule has 2 heterocycles. The second-order valence-electron chi connectivity index (χ2n) is 3.84. The zero-order valence-corrected chi connectivity index (χ0v) is 9.83. The van der Waals surface area contributed by atoms with E-state index in [-0.39, 0.29) is 0 Å². The first-order chi connectivity index (χ1) is 7.34. The molecule has 3 rings (SSSR count). The van der Waals surface area contributed by atoms with Crippen LogP contribution in [0.2, 0.25) is 0 Å². The molecular formula is C11H11BrN2O. The molecular weight excluding hydrogens is 256 g/mol. The number of benzene rings is 1. The third-order valence-corrected chi connectivity index (χ3v) is 3.31. The van der Waals surface area contributed by atoms with Gasteiger partial charge in [-0.25, -0.2) is 0 Å². The lowest BCUT2D eigenvalue weighted by atomic mass is 10.2. The highest BCUT2D eigenvalue weighted by molar-refractivity contribution is 9.10. The summed E-state index contributed by atoms with van der Waals surface area (Å²) in [4.78, 5) is 2.29. The second-order valence-corrected chi connectivity index (χ2v) is 4.76. The monoisotopic (exact) mass is 266 g/mol. The number of anilines is 1. The SMILES string of the molecule is Brc1ccc2c(N3CCCC3)noc2c1. The maximum Gasteiger partial charge on any atom is 0.179 e. The van der Waals surface area contributed by atoms with Crippen LogP contribution in [-0.2, 0) is 0 Å². The summed E-state index contributed by atoms with van der Waals surface area (Å²) in [6.07, 6.45) is 2.51. The predicted octanol–water partition coefficient (Wildman–Crippen LogP) is 3.19. The zero-order valence-electron chi connectivity index (χ0n) is 8.24. The van der Waals surface area contributed by atoms with Gasteiger partial charge in [0.15, 0.2) is 11.4 Å². The van der Waals surface area contributed by atoms with Crippen LogP contribution in [0.15, 0.2) is 27.2 Å². The molecule has 0 amide bonds. The standard InChI is InChI=1S/C11H11BrN2O/c12-8-3-4-9-10(7-8)15-13-11(9)14-5-1-2-6-14/h3-4,7H,1-2,5-6H2. The summed E-state index contributed by atoms with van der Waals surface area (Å²) in [5.41, 5.74) is 0.853. The molecule has 1 aromatic heterocycles. The number of rotatable bonds is 1. The molecule has 0 atom stereocenters.